The Balaban J connectivity index is 1.62. The van der Waals surface area contributed by atoms with Crippen LogP contribution in [0, 0.1) is 42.3 Å². The second kappa shape index (κ2) is 4.03. The molecular weight excluding hydrogens is 239 g/mol. The Kier molecular flexibility index (Phi) is 2.52. The Hall–Kier alpha value is -0.930. The van der Waals surface area contributed by atoms with Gasteiger partial charge in [0, 0.05) is 6.04 Å². The molecule has 3 N–H and O–H groups in total. The van der Waals surface area contributed by atoms with Crippen LogP contribution in [0.1, 0.15) is 36.4 Å². The number of hydrazine groups is 1. The van der Waals surface area contributed by atoms with E-state index < -0.39 is 0 Å². The van der Waals surface area contributed by atoms with Crippen molar-refractivity contribution in [2.75, 3.05) is 0 Å². The molecule has 5 unspecified atom stereocenters. The van der Waals surface area contributed by atoms with Crippen molar-refractivity contribution < 1.29 is 4.39 Å². The lowest BCUT2D eigenvalue weighted by Gasteiger charge is -2.20. The van der Waals surface area contributed by atoms with Crippen molar-refractivity contribution >= 4 is 0 Å². The van der Waals surface area contributed by atoms with Gasteiger partial charge in [-0.1, -0.05) is 6.07 Å². The largest absolute Gasteiger partial charge is 0.271 e. The SMILES string of the molecule is Cc1cc(F)cc(C(NN)C2C3C4CCC(C4)C32)c1. The third kappa shape index (κ3) is 1.68. The van der Waals surface area contributed by atoms with Gasteiger partial charge in [0.05, 0.1) is 0 Å². The normalized spacial score (nSPS) is 40.3. The van der Waals surface area contributed by atoms with Gasteiger partial charge in [0.15, 0.2) is 0 Å². The second-order valence-corrected chi connectivity index (χ2v) is 6.77. The standard InChI is InChI=1S/C16H21FN2/c1-8-4-11(7-12(17)5-8)16(19-18)15-13-9-2-3-10(6-9)14(13)15/h4-5,7,9-10,13-16,19H,2-3,6,18H2,1H3. The fourth-order valence-corrected chi connectivity index (χ4v) is 5.21. The van der Waals surface area contributed by atoms with Crippen molar-refractivity contribution in [2.45, 2.75) is 32.2 Å². The summed E-state index contributed by atoms with van der Waals surface area (Å²) in [5.41, 5.74) is 4.97. The fourth-order valence-electron chi connectivity index (χ4n) is 5.21. The molecule has 0 heterocycles. The summed E-state index contributed by atoms with van der Waals surface area (Å²) in [5.74, 6) is 9.82. The predicted octanol–water partition coefficient (Wildman–Crippen LogP) is 2.93. The third-order valence-corrected chi connectivity index (χ3v) is 5.78. The molecule has 19 heavy (non-hydrogen) atoms. The summed E-state index contributed by atoms with van der Waals surface area (Å²) in [6.45, 7) is 1.94. The Bertz CT molecular complexity index is 479. The number of nitrogens with two attached hydrogens (primary N) is 1. The van der Waals surface area contributed by atoms with Crippen LogP contribution < -0.4 is 11.3 Å². The highest BCUT2D eigenvalue weighted by atomic mass is 19.1. The molecule has 2 bridgehead atoms. The summed E-state index contributed by atoms with van der Waals surface area (Å²) in [4.78, 5) is 0. The number of benzene rings is 1. The fraction of sp³-hybridized carbons (Fsp3) is 0.625. The van der Waals surface area contributed by atoms with E-state index in [0.29, 0.717) is 5.92 Å². The molecule has 4 rings (SSSR count). The highest BCUT2D eigenvalue weighted by Gasteiger charge is 2.66. The molecule has 3 aliphatic rings. The lowest BCUT2D eigenvalue weighted by molar-refractivity contribution is 0.373. The zero-order valence-corrected chi connectivity index (χ0v) is 11.3. The van der Waals surface area contributed by atoms with Crippen LogP contribution in [0.4, 0.5) is 4.39 Å². The topological polar surface area (TPSA) is 38.0 Å². The quantitative estimate of drug-likeness (QED) is 0.648. The van der Waals surface area contributed by atoms with Crippen LogP contribution in [0.5, 0.6) is 0 Å². The Labute approximate surface area is 113 Å². The molecule has 1 aromatic rings. The summed E-state index contributed by atoms with van der Waals surface area (Å²) in [6, 6.07) is 5.43. The maximum Gasteiger partial charge on any atom is 0.123 e. The van der Waals surface area contributed by atoms with E-state index in [2.05, 4.69) is 11.5 Å². The summed E-state index contributed by atoms with van der Waals surface area (Å²) in [6.07, 6.45) is 4.24. The number of fused-ring (bicyclic) bond motifs is 5. The summed E-state index contributed by atoms with van der Waals surface area (Å²) < 4.78 is 13.6. The number of rotatable bonds is 3. The molecule has 0 radical (unpaired) electrons. The predicted molar refractivity (Wildman–Crippen MR) is 72.5 cm³/mol. The van der Waals surface area contributed by atoms with E-state index in [9.17, 15) is 4.39 Å². The molecule has 3 fully saturated rings. The minimum atomic E-state index is -0.149. The van der Waals surface area contributed by atoms with E-state index >= 15 is 0 Å². The Morgan fingerprint density at radius 3 is 2.47 bits per heavy atom. The Morgan fingerprint density at radius 2 is 1.89 bits per heavy atom. The minimum absolute atomic E-state index is 0.132. The average Bonchev–Trinajstić information content (AvgIpc) is 2.79. The van der Waals surface area contributed by atoms with Crippen LogP contribution in [-0.2, 0) is 0 Å². The van der Waals surface area contributed by atoms with E-state index in [4.69, 9.17) is 5.84 Å². The monoisotopic (exact) mass is 260 g/mol. The van der Waals surface area contributed by atoms with Crippen molar-refractivity contribution in [2.24, 2.45) is 35.4 Å². The molecule has 3 heteroatoms. The van der Waals surface area contributed by atoms with Crippen molar-refractivity contribution in [1.29, 1.82) is 0 Å². The lowest BCUT2D eigenvalue weighted by atomic mass is 9.92. The van der Waals surface area contributed by atoms with Gasteiger partial charge < -0.3 is 0 Å². The van der Waals surface area contributed by atoms with Crippen LogP contribution in [-0.4, -0.2) is 0 Å². The van der Waals surface area contributed by atoms with Gasteiger partial charge in [-0.15, -0.1) is 0 Å². The van der Waals surface area contributed by atoms with E-state index in [1.807, 2.05) is 6.92 Å². The number of aryl methyl sites for hydroxylation is 1. The summed E-state index contributed by atoms with van der Waals surface area (Å²) in [7, 11) is 0. The van der Waals surface area contributed by atoms with Crippen LogP contribution in [0.2, 0.25) is 0 Å². The highest BCUT2D eigenvalue weighted by molar-refractivity contribution is 5.30. The molecule has 2 nitrogen and oxygen atoms in total. The maximum absolute atomic E-state index is 13.6. The van der Waals surface area contributed by atoms with Crippen LogP contribution in [0.15, 0.2) is 18.2 Å². The van der Waals surface area contributed by atoms with Gasteiger partial charge >= 0.3 is 0 Å². The first-order valence-electron chi connectivity index (χ1n) is 7.42. The molecule has 102 valence electrons. The third-order valence-electron chi connectivity index (χ3n) is 5.78. The van der Waals surface area contributed by atoms with E-state index in [-0.39, 0.29) is 11.9 Å². The highest BCUT2D eigenvalue weighted by Crippen LogP contribution is 2.72. The molecule has 3 aliphatic carbocycles. The Morgan fingerprint density at radius 1 is 1.21 bits per heavy atom. The molecule has 0 aliphatic heterocycles. The number of halogens is 1. The van der Waals surface area contributed by atoms with Gasteiger partial charge in [-0.3, -0.25) is 11.3 Å². The maximum atomic E-state index is 13.6. The van der Waals surface area contributed by atoms with Crippen LogP contribution in [0.25, 0.3) is 0 Å². The van der Waals surface area contributed by atoms with Crippen molar-refractivity contribution in [3.05, 3.63) is 35.1 Å². The van der Waals surface area contributed by atoms with Gasteiger partial charge in [-0.05, 0) is 79.0 Å². The molecule has 0 saturated heterocycles. The zero-order chi connectivity index (χ0) is 13.1. The lowest BCUT2D eigenvalue weighted by Crippen LogP contribution is -2.31. The van der Waals surface area contributed by atoms with E-state index in [1.54, 1.807) is 12.1 Å². The van der Waals surface area contributed by atoms with Gasteiger partial charge in [-0.25, -0.2) is 4.39 Å². The van der Waals surface area contributed by atoms with E-state index in [0.717, 1.165) is 34.8 Å². The van der Waals surface area contributed by atoms with Crippen molar-refractivity contribution in [3.63, 3.8) is 0 Å². The van der Waals surface area contributed by atoms with Crippen LogP contribution in [0.3, 0.4) is 0 Å². The smallest absolute Gasteiger partial charge is 0.123 e. The van der Waals surface area contributed by atoms with Crippen LogP contribution >= 0.6 is 0 Å². The molecule has 0 aromatic heterocycles. The number of hydrogen-bond acceptors (Lipinski definition) is 2. The first-order valence-corrected chi connectivity index (χ1v) is 7.42. The van der Waals surface area contributed by atoms with Gasteiger partial charge in [-0.2, -0.15) is 0 Å². The molecule has 0 spiro atoms. The van der Waals surface area contributed by atoms with Crippen molar-refractivity contribution in [3.8, 4) is 0 Å². The van der Waals surface area contributed by atoms with E-state index in [1.165, 1.54) is 19.3 Å². The summed E-state index contributed by atoms with van der Waals surface area (Å²) >= 11 is 0. The molecule has 3 saturated carbocycles. The summed E-state index contributed by atoms with van der Waals surface area (Å²) in [5, 5.41) is 0. The molecule has 1 aromatic carbocycles. The number of nitrogens with one attached hydrogen (secondary N) is 1. The minimum Gasteiger partial charge on any atom is -0.271 e. The molecule has 5 atom stereocenters. The number of hydrogen-bond donors (Lipinski definition) is 2. The van der Waals surface area contributed by atoms with Crippen molar-refractivity contribution in [1.82, 2.24) is 5.43 Å². The average molecular weight is 260 g/mol. The molecular formula is C16H21FN2. The zero-order valence-electron chi connectivity index (χ0n) is 11.3. The van der Waals surface area contributed by atoms with Gasteiger partial charge in [0.1, 0.15) is 5.82 Å². The first kappa shape index (κ1) is 11.9. The molecule has 0 amide bonds. The van der Waals surface area contributed by atoms with Gasteiger partial charge in [0.25, 0.3) is 0 Å². The van der Waals surface area contributed by atoms with Gasteiger partial charge in [0.2, 0.25) is 0 Å². The second-order valence-electron chi connectivity index (χ2n) is 6.77. The first-order chi connectivity index (χ1) is 9.19.